The third-order valence-electron chi connectivity index (χ3n) is 5.04. The number of rotatable bonds is 10. The van der Waals surface area contributed by atoms with E-state index in [1.54, 1.807) is 0 Å². The first-order valence-corrected chi connectivity index (χ1v) is 17.0. The number of hydrogen-bond acceptors (Lipinski definition) is 13. The van der Waals surface area contributed by atoms with Gasteiger partial charge in [-0.3, -0.25) is 0 Å². The van der Waals surface area contributed by atoms with Gasteiger partial charge in [-0.2, -0.15) is 16.8 Å². The summed E-state index contributed by atoms with van der Waals surface area (Å²) in [7, 11) is -9.37. The zero-order valence-corrected chi connectivity index (χ0v) is 28.6. The van der Waals surface area contributed by atoms with Crippen molar-refractivity contribution in [2.45, 2.75) is 89.6 Å². The van der Waals surface area contributed by atoms with Crippen LogP contribution in [0.25, 0.3) is 0 Å². The summed E-state index contributed by atoms with van der Waals surface area (Å²) in [6, 6.07) is 9.33. The Morgan fingerprint density at radius 3 is 1.04 bits per heavy atom. The highest BCUT2D eigenvalue weighted by Crippen LogP contribution is 2.26. The van der Waals surface area contributed by atoms with E-state index in [0.717, 1.165) is 24.3 Å². The second-order valence-corrected chi connectivity index (χ2v) is 14.2. The van der Waals surface area contributed by atoms with Crippen molar-refractivity contribution in [2.75, 3.05) is 0 Å². The van der Waals surface area contributed by atoms with Crippen LogP contribution in [0.2, 0.25) is 0 Å². The fraction of sp³-hybridized carbons (Fsp3) is 0.429. The van der Waals surface area contributed by atoms with Crippen molar-refractivity contribution in [3.8, 4) is 11.5 Å². The summed E-state index contributed by atoms with van der Waals surface area (Å²) in [5.41, 5.74) is 3.75. The molecule has 0 heterocycles. The lowest BCUT2D eigenvalue weighted by molar-refractivity contribution is 0.0715. The van der Waals surface area contributed by atoms with Gasteiger partial charge in [0.25, 0.3) is 20.0 Å². The maximum Gasteiger partial charge on any atom is 0.443 e. The van der Waals surface area contributed by atoms with E-state index in [4.69, 9.17) is 23.7 Å². The predicted molar refractivity (Wildman–Crippen MR) is 164 cm³/mol. The van der Waals surface area contributed by atoms with Gasteiger partial charge in [0, 0.05) is 0 Å². The van der Waals surface area contributed by atoms with Crippen molar-refractivity contribution in [1.29, 1.82) is 0 Å². The first-order valence-electron chi connectivity index (χ1n) is 14.1. The van der Waals surface area contributed by atoms with Crippen LogP contribution in [0.15, 0.2) is 58.3 Å². The van der Waals surface area contributed by atoms with Crippen LogP contribution >= 0.6 is 0 Å². The lowest BCUT2D eigenvalue weighted by Crippen LogP contribution is -2.50. The van der Waals surface area contributed by atoms with Gasteiger partial charge in [-0.1, -0.05) is 0 Å². The Kier molecular flexibility index (Phi) is 13.2. The highest BCUT2D eigenvalue weighted by molar-refractivity contribution is 7.90. The number of benzene rings is 2. The highest BCUT2D eigenvalue weighted by Gasteiger charge is 2.35. The zero-order chi connectivity index (χ0) is 35.7. The second-order valence-electron chi connectivity index (χ2n) is 10.6. The highest BCUT2D eigenvalue weighted by atomic mass is 32.2. The standard InChI is InChI=1S/C28H38N4O13S2/c1-17(2)41-25(33)29-31(27(35)43-19(5)6)46(37,38)23-13-9-21(10-14-23)45-22-11-15-24(16-12-22)47(39,40)32(28(36)44-20(7)8)30-26(34)42-18(3)4/h9-20H,1-8H3,(H,29,33)(H,30,34). The predicted octanol–water partition coefficient (Wildman–Crippen LogP) is 4.65. The molecule has 0 saturated carbocycles. The van der Waals surface area contributed by atoms with Gasteiger partial charge in [0.2, 0.25) is 0 Å². The molecule has 260 valence electrons. The van der Waals surface area contributed by atoms with Crippen molar-refractivity contribution in [1.82, 2.24) is 19.7 Å². The van der Waals surface area contributed by atoms with Crippen LogP contribution in [-0.2, 0) is 39.0 Å². The van der Waals surface area contributed by atoms with E-state index in [0.29, 0.717) is 0 Å². The number of sulfonamides is 2. The van der Waals surface area contributed by atoms with Crippen LogP contribution in [0.3, 0.4) is 0 Å². The number of ether oxygens (including phenoxy) is 5. The van der Waals surface area contributed by atoms with Gasteiger partial charge < -0.3 is 23.7 Å². The Labute approximate surface area is 273 Å². The molecular weight excluding hydrogens is 664 g/mol. The Bertz CT molecular complexity index is 1500. The van der Waals surface area contributed by atoms with Gasteiger partial charge in [0.1, 0.15) is 11.5 Å². The third-order valence-corrected chi connectivity index (χ3v) is 8.21. The van der Waals surface area contributed by atoms with E-state index in [9.17, 15) is 36.0 Å². The molecule has 17 nitrogen and oxygen atoms in total. The van der Waals surface area contributed by atoms with E-state index >= 15 is 0 Å². The molecule has 2 aromatic carbocycles. The Morgan fingerprint density at radius 2 is 0.787 bits per heavy atom. The lowest BCUT2D eigenvalue weighted by atomic mass is 10.3. The molecule has 0 bridgehead atoms. The molecule has 0 unspecified atom stereocenters. The Morgan fingerprint density at radius 1 is 0.511 bits per heavy atom. The quantitative estimate of drug-likeness (QED) is 0.255. The van der Waals surface area contributed by atoms with Gasteiger partial charge in [-0.05, 0) is 104 Å². The topological polar surface area (TPSA) is 213 Å². The third kappa shape index (κ3) is 11.2. The molecule has 0 aromatic heterocycles. The smallest absolute Gasteiger partial charge is 0.443 e. The Balaban J connectivity index is 2.29. The fourth-order valence-electron chi connectivity index (χ4n) is 3.26. The number of carbonyl (C=O) groups is 4. The molecule has 0 radical (unpaired) electrons. The van der Waals surface area contributed by atoms with E-state index in [1.165, 1.54) is 79.7 Å². The molecule has 0 aliphatic rings. The minimum atomic E-state index is -4.68. The molecule has 0 fully saturated rings. The summed E-state index contributed by atoms with van der Waals surface area (Å²) in [6.07, 6.45) is -7.82. The minimum Gasteiger partial charge on any atom is -0.457 e. The van der Waals surface area contributed by atoms with E-state index in [-0.39, 0.29) is 20.3 Å². The summed E-state index contributed by atoms with van der Waals surface area (Å²) in [5, 5.41) is 0. The molecule has 0 aliphatic heterocycles. The molecule has 0 spiro atoms. The summed E-state index contributed by atoms with van der Waals surface area (Å²) in [5.74, 6) is 0.201. The number of hydrogen-bond donors (Lipinski definition) is 2. The monoisotopic (exact) mass is 702 g/mol. The molecule has 19 heteroatoms. The average molecular weight is 703 g/mol. The summed E-state index contributed by atoms with van der Waals surface area (Å²) in [6.45, 7) is 12.1. The number of hydrazine groups is 2. The van der Waals surface area contributed by atoms with E-state index in [1.807, 2.05) is 10.9 Å². The molecule has 4 amide bonds. The number of amides is 4. The summed E-state index contributed by atoms with van der Waals surface area (Å²) in [4.78, 5) is 48.5. The maximum atomic E-state index is 13.2. The number of nitrogens with zero attached hydrogens (tertiary/aromatic N) is 2. The molecule has 0 aliphatic carbocycles. The molecule has 2 rings (SSSR count). The van der Waals surface area contributed by atoms with Gasteiger partial charge in [0.15, 0.2) is 0 Å². The van der Waals surface area contributed by atoms with Crippen molar-refractivity contribution in [3.05, 3.63) is 48.5 Å². The first-order chi connectivity index (χ1) is 21.7. The van der Waals surface area contributed by atoms with Crippen molar-refractivity contribution in [2.24, 2.45) is 0 Å². The van der Waals surface area contributed by atoms with Crippen LogP contribution in [0.4, 0.5) is 19.2 Å². The molecule has 47 heavy (non-hydrogen) atoms. The van der Waals surface area contributed by atoms with Crippen LogP contribution in [0.5, 0.6) is 11.5 Å². The second kappa shape index (κ2) is 16.2. The van der Waals surface area contributed by atoms with Crippen LogP contribution < -0.4 is 15.6 Å². The normalized spacial score (nSPS) is 11.6. The summed E-state index contributed by atoms with van der Waals surface area (Å²) >= 11 is 0. The number of carbonyl (C=O) groups excluding carboxylic acids is 4. The average Bonchev–Trinajstić information content (AvgIpc) is 2.93. The number of nitrogens with one attached hydrogen (secondary N) is 2. The Hall–Kier alpha value is -4.78. The maximum absolute atomic E-state index is 13.2. The molecule has 2 aromatic rings. The van der Waals surface area contributed by atoms with Crippen molar-refractivity contribution in [3.63, 3.8) is 0 Å². The van der Waals surface area contributed by atoms with Gasteiger partial charge in [0.05, 0.1) is 34.2 Å². The minimum absolute atomic E-state index is 0.0182. The lowest BCUT2D eigenvalue weighted by Gasteiger charge is -2.23. The fourth-order valence-corrected chi connectivity index (χ4v) is 5.51. The van der Waals surface area contributed by atoms with Gasteiger partial charge >= 0.3 is 24.4 Å². The zero-order valence-electron chi connectivity index (χ0n) is 26.9. The first kappa shape index (κ1) is 38.4. The molecule has 0 saturated heterocycles. The van der Waals surface area contributed by atoms with E-state index in [2.05, 4.69) is 0 Å². The van der Waals surface area contributed by atoms with E-state index < -0.39 is 78.6 Å². The van der Waals surface area contributed by atoms with Crippen LogP contribution in [0.1, 0.15) is 55.4 Å². The SMILES string of the molecule is CC(C)OC(=O)NN(C(=O)OC(C)C)S(=O)(=O)c1ccc(Oc2ccc(S(=O)(=O)N(NC(=O)OC(C)C)C(=O)OC(C)C)cc2)cc1. The van der Waals surface area contributed by atoms with Crippen LogP contribution in [-0.4, -0.2) is 74.5 Å². The molecule has 2 N–H and O–H groups in total. The summed E-state index contributed by atoms with van der Waals surface area (Å²) < 4.78 is 78.4. The molecular formula is C28H38N4O13S2. The molecule has 0 atom stereocenters. The largest absolute Gasteiger partial charge is 0.457 e. The van der Waals surface area contributed by atoms with Crippen molar-refractivity contribution < 1.29 is 59.7 Å². The van der Waals surface area contributed by atoms with Gasteiger partial charge in [-0.25, -0.2) is 30.0 Å². The van der Waals surface area contributed by atoms with Gasteiger partial charge in [-0.15, -0.1) is 8.83 Å². The van der Waals surface area contributed by atoms with Crippen molar-refractivity contribution >= 4 is 44.4 Å². The van der Waals surface area contributed by atoms with Crippen LogP contribution in [0, 0.1) is 0 Å².